The van der Waals surface area contributed by atoms with Crippen molar-refractivity contribution in [1.82, 2.24) is 9.78 Å². The van der Waals surface area contributed by atoms with E-state index in [4.69, 9.17) is 0 Å². The summed E-state index contributed by atoms with van der Waals surface area (Å²) in [6.07, 6.45) is 5.72. The smallest absolute Gasteiger partial charge is 0.133 e. The van der Waals surface area contributed by atoms with E-state index in [-0.39, 0.29) is 0 Å². The van der Waals surface area contributed by atoms with Crippen LogP contribution in [0.2, 0.25) is 0 Å². The minimum atomic E-state index is 0.407. The van der Waals surface area contributed by atoms with Gasteiger partial charge in [-0.1, -0.05) is 0 Å². The van der Waals surface area contributed by atoms with E-state index in [1.54, 1.807) is 0 Å². The highest BCUT2D eigenvalue weighted by Gasteiger charge is 2.23. The zero-order valence-corrected chi connectivity index (χ0v) is 8.79. The number of aryl methyl sites for hydroxylation is 2. The molecule has 0 aliphatic heterocycles. The highest BCUT2D eigenvalue weighted by atomic mass is 16.1. The van der Waals surface area contributed by atoms with Crippen LogP contribution >= 0.6 is 0 Å². The number of rotatable bonds is 1. The summed E-state index contributed by atoms with van der Waals surface area (Å²) in [5.74, 6) is 0.828. The van der Waals surface area contributed by atoms with Crippen molar-refractivity contribution in [3.8, 4) is 0 Å². The lowest BCUT2D eigenvalue weighted by atomic mass is 9.84. The van der Waals surface area contributed by atoms with Crippen LogP contribution in [-0.2, 0) is 11.8 Å². The molecule has 1 unspecified atom stereocenters. The number of hydrogen-bond donors (Lipinski definition) is 0. The van der Waals surface area contributed by atoms with Gasteiger partial charge in [0.15, 0.2) is 0 Å². The molecule has 1 atom stereocenters. The number of ketones is 1. The van der Waals surface area contributed by atoms with Crippen molar-refractivity contribution >= 4 is 5.78 Å². The standard InChI is InChI=1S/C11H16N2O/c1-8-11(7-13(2)12-8)9-4-3-5-10(14)6-9/h7,9H,3-6H2,1-2H3. The van der Waals surface area contributed by atoms with Crippen molar-refractivity contribution in [3.63, 3.8) is 0 Å². The molecule has 76 valence electrons. The lowest BCUT2D eigenvalue weighted by molar-refractivity contribution is -0.120. The fourth-order valence-corrected chi connectivity index (χ4v) is 2.31. The van der Waals surface area contributed by atoms with Gasteiger partial charge >= 0.3 is 0 Å². The second-order valence-electron chi connectivity index (χ2n) is 4.18. The average Bonchev–Trinajstić information content (AvgIpc) is 2.45. The van der Waals surface area contributed by atoms with Gasteiger partial charge in [0, 0.05) is 26.1 Å². The van der Waals surface area contributed by atoms with E-state index < -0.39 is 0 Å². The lowest BCUT2D eigenvalue weighted by Crippen LogP contribution is -2.13. The molecule has 0 aromatic carbocycles. The first kappa shape index (κ1) is 9.44. The SMILES string of the molecule is Cc1nn(C)cc1C1CCCC(=O)C1. The monoisotopic (exact) mass is 192 g/mol. The molecule has 3 nitrogen and oxygen atoms in total. The van der Waals surface area contributed by atoms with Crippen LogP contribution in [0.25, 0.3) is 0 Å². The Bertz CT molecular complexity index is 354. The van der Waals surface area contributed by atoms with Gasteiger partial charge in [0.2, 0.25) is 0 Å². The molecule has 1 aromatic heterocycles. The molecule has 3 heteroatoms. The van der Waals surface area contributed by atoms with Gasteiger partial charge in [-0.05, 0) is 31.2 Å². The fraction of sp³-hybridized carbons (Fsp3) is 0.636. The van der Waals surface area contributed by atoms with Gasteiger partial charge in [-0.15, -0.1) is 0 Å². The zero-order valence-electron chi connectivity index (χ0n) is 8.79. The molecule has 0 bridgehead atoms. The number of carbonyl (C=O) groups is 1. The molecular formula is C11H16N2O. The third kappa shape index (κ3) is 1.72. The van der Waals surface area contributed by atoms with Crippen LogP contribution < -0.4 is 0 Å². The number of nitrogens with zero attached hydrogens (tertiary/aromatic N) is 2. The largest absolute Gasteiger partial charge is 0.300 e. The molecule has 0 N–H and O–H groups in total. The van der Waals surface area contributed by atoms with E-state index in [1.807, 2.05) is 18.7 Å². The van der Waals surface area contributed by atoms with E-state index in [9.17, 15) is 4.79 Å². The second kappa shape index (κ2) is 3.56. The maximum absolute atomic E-state index is 11.3. The average molecular weight is 192 g/mol. The number of carbonyl (C=O) groups excluding carboxylic acids is 1. The Morgan fingerprint density at radius 1 is 1.57 bits per heavy atom. The fourth-order valence-electron chi connectivity index (χ4n) is 2.31. The summed E-state index contributed by atoms with van der Waals surface area (Å²) in [5.41, 5.74) is 2.34. The molecule has 2 rings (SSSR count). The highest BCUT2D eigenvalue weighted by Crippen LogP contribution is 2.32. The van der Waals surface area contributed by atoms with Crippen molar-refractivity contribution in [1.29, 1.82) is 0 Å². The first-order valence-corrected chi connectivity index (χ1v) is 5.18. The third-order valence-electron chi connectivity index (χ3n) is 2.97. The predicted molar refractivity (Wildman–Crippen MR) is 54.2 cm³/mol. The number of hydrogen-bond acceptors (Lipinski definition) is 2. The number of Topliss-reactive ketones (excluding diaryl/α,β-unsaturated/α-hetero) is 1. The van der Waals surface area contributed by atoms with Crippen LogP contribution in [0.5, 0.6) is 0 Å². The minimum absolute atomic E-state index is 0.407. The first-order valence-electron chi connectivity index (χ1n) is 5.18. The summed E-state index contributed by atoms with van der Waals surface area (Å²) in [5, 5.41) is 4.32. The van der Waals surface area contributed by atoms with Crippen molar-refractivity contribution in [3.05, 3.63) is 17.5 Å². The highest BCUT2D eigenvalue weighted by molar-refractivity contribution is 5.80. The van der Waals surface area contributed by atoms with E-state index in [0.29, 0.717) is 18.1 Å². The quantitative estimate of drug-likeness (QED) is 0.681. The first-order chi connectivity index (χ1) is 6.66. The molecule has 0 amide bonds. The van der Waals surface area contributed by atoms with Crippen molar-refractivity contribution < 1.29 is 4.79 Å². The van der Waals surface area contributed by atoms with E-state index in [0.717, 1.165) is 25.0 Å². The summed E-state index contributed by atoms with van der Waals surface area (Å²) in [6.45, 7) is 2.02. The minimum Gasteiger partial charge on any atom is -0.300 e. The Morgan fingerprint density at radius 2 is 2.36 bits per heavy atom. The van der Waals surface area contributed by atoms with Crippen LogP contribution in [0, 0.1) is 6.92 Å². The maximum atomic E-state index is 11.3. The summed E-state index contributed by atoms with van der Waals surface area (Å²) < 4.78 is 1.84. The second-order valence-corrected chi connectivity index (χ2v) is 4.18. The maximum Gasteiger partial charge on any atom is 0.133 e. The molecule has 1 heterocycles. The van der Waals surface area contributed by atoms with Gasteiger partial charge in [-0.25, -0.2) is 0 Å². The van der Waals surface area contributed by atoms with Gasteiger partial charge in [0.1, 0.15) is 5.78 Å². The van der Waals surface area contributed by atoms with Crippen LogP contribution in [-0.4, -0.2) is 15.6 Å². The Balaban J connectivity index is 2.21. The molecule has 1 saturated carbocycles. The van der Waals surface area contributed by atoms with Gasteiger partial charge in [0.25, 0.3) is 0 Å². The molecular weight excluding hydrogens is 176 g/mol. The summed E-state index contributed by atoms with van der Waals surface area (Å²) in [6, 6.07) is 0. The molecule has 14 heavy (non-hydrogen) atoms. The summed E-state index contributed by atoms with van der Waals surface area (Å²) >= 11 is 0. The molecule has 1 fully saturated rings. The van der Waals surface area contributed by atoms with Gasteiger partial charge in [-0.3, -0.25) is 9.48 Å². The molecule has 0 spiro atoms. The van der Waals surface area contributed by atoms with Crippen LogP contribution in [0.4, 0.5) is 0 Å². The van der Waals surface area contributed by atoms with Crippen molar-refractivity contribution in [2.75, 3.05) is 0 Å². The molecule has 1 aliphatic rings. The Labute approximate surface area is 84.1 Å². The third-order valence-corrected chi connectivity index (χ3v) is 2.97. The van der Waals surface area contributed by atoms with Crippen LogP contribution in [0.3, 0.4) is 0 Å². The predicted octanol–water partition coefficient (Wildman–Crippen LogP) is 1.96. The van der Waals surface area contributed by atoms with Crippen LogP contribution in [0.1, 0.15) is 42.9 Å². The van der Waals surface area contributed by atoms with E-state index >= 15 is 0 Å². The van der Waals surface area contributed by atoms with Crippen molar-refractivity contribution in [2.45, 2.75) is 38.5 Å². The normalized spacial score (nSPS) is 22.7. The Morgan fingerprint density at radius 3 is 2.93 bits per heavy atom. The molecule has 0 saturated heterocycles. The van der Waals surface area contributed by atoms with Gasteiger partial charge < -0.3 is 0 Å². The summed E-state index contributed by atoms with van der Waals surface area (Å²) in [7, 11) is 1.93. The van der Waals surface area contributed by atoms with E-state index in [2.05, 4.69) is 11.3 Å². The van der Waals surface area contributed by atoms with Gasteiger partial charge in [-0.2, -0.15) is 5.10 Å². The summed E-state index contributed by atoms with van der Waals surface area (Å²) in [4.78, 5) is 11.3. The molecule has 1 aromatic rings. The Kier molecular flexibility index (Phi) is 2.40. The van der Waals surface area contributed by atoms with E-state index in [1.165, 1.54) is 5.56 Å². The number of aromatic nitrogens is 2. The Hall–Kier alpha value is -1.12. The van der Waals surface area contributed by atoms with Gasteiger partial charge in [0.05, 0.1) is 5.69 Å². The zero-order chi connectivity index (χ0) is 10.1. The van der Waals surface area contributed by atoms with Crippen molar-refractivity contribution in [2.24, 2.45) is 7.05 Å². The lowest BCUT2D eigenvalue weighted by Gasteiger charge is -2.19. The molecule has 1 aliphatic carbocycles. The van der Waals surface area contributed by atoms with Crippen LogP contribution in [0.15, 0.2) is 6.20 Å². The molecule has 0 radical (unpaired) electrons. The topological polar surface area (TPSA) is 34.9 Å².